The van der Waals surface area contributed by atoms with Gasteiger partial charge >= 0.3 is 0 Å². The molecule has 0 aromatic rings. The maximum atomic E-state index is 10.8. The standard InChI is InChI=1S/C46H92Cl2O3/c1-7-11-15-19-23-27-31-35-43(47)41(33-29-25-21-17-13-9-3)45(37-39(5)49)51-46(38-40(6)50)42(34-30-26-22-18-14-10-4)44(48)36-32-28-24-20-16-12-8-2/h39-46,49-50H,7-38H2,1-6H3. The average Bonchev–Trinajstić information content (AvgIpc) is 3.09. The fourth-order valence-corrected chi connectivity index (χ4v) is 8.99. The number of hydrogen-bond donors (Lipinski definition) is 2. The normalized spacial score (nSPS) is 16.8. The molecule has 2 N–H and O–H groups in total. The smallest absolute Gasteiger partial charge is 0.0645 e. The molecule has 0 rings (SSSR count). The Bertz CT molecular complexity index is 633. The van der Waals surface area contributed by atoms with E-state index in [0.29, 0.717) is 12.8 Å². The van der Waals surface area contributed by atoms with Gasteiger partial charge in [-0.15, -0.1) is 23.2 Å². The molecule has 0 saturated heterocycles. The van der Waals surface area contributed by atoms with Crippen molar-refractivity contribution >= 4 is 23.2 Å². The Morgan fingerprint density at radius 1 is 0.373 bits per heavy atom. The van der Waals surface area contributed by atoms with Crippen molar-refractivity contribution in [1.29, 1.82) is 0 Å². The Labute approximate surface area is 330 Å². The second-order valence-electron chi connectivity index (χ2n) is 16.7. The molecule has 308 valence electrons. The summed E-state index contributed by atoms with van der Waals surface area (Å²) in [6.45, 7) is 12.9. The number of aliphatic hydroxyl groups is 2. The van der Waals surface area contributed by atoms with Gasteiger partial charge in [-0.2, -0.15) is 0 Å². The van der Waals surface area contributed by atoms with E-state index in [-0.39, 0.29) is 34.8 Å². The summed E-state index contributed by atoms with van der Waals surface area (Å²) >= 11 is 14.8. The molecular formula is C46H92Cl2O3. The first-order chi connectivity index (χ1) is 24.7. The van der Waals surface area contributed by atoms with Crippen LogP contribution in [0.2, 0.25) is 0 Å². The number of alkyl halides is 2. The molecule has 5 heteroatoms. The van der Waals surface area contributed by atoms with Crippen molar-refractivity contribution in [1.82, 2.24) is 0 Å². The molecular weight excluding hydrogens is 671 g/mol. The van der Waals surface area contributed by atoms with Crippen LogP contribution in [0.5, 0.6) is 0 Å². The van der Waals surface area contributed by atoms with E-state index in [1.165, 1.54) is 141 Å². The molecule has 0 aromatic carbocycles. The predicted octanol–water partition coefficient (Wildman–Crippen LogP) is 15.5. The minimum Gasteiger partial charge on any atom is -0.393 e. The van der Waals surface area contributed by atoms with Crippen LogP contribution in [0.4, 0.5) is 0 Å². The van der Waals surface area contributed by atoms with Gasteiger partial charge in [0.05, 0.1) is 24.4 Å². The fourth-order valence-electron chi connectivity index (χ4n) is 8.10. The molecule has 0 spiro atoms. The minimum absolute atomic E-state index is 0.0313. The molecule has 0 bridgehead atoms. The van der Waals surface area contributed by atoms with E-state index in [4.69, 9.17) is 27.9 Å². The fraction of sp³-hybridized carbons (Fsp3) is 1.00. The van der Waals surface area contributed by atoms with Gasteiger partial charge in [-0.3, -0.25) is 0 Å². The Morgan fingerprint density at radius 3 is 0.863 bits per heavy atom. The first-order valence-electron chi connectivity index (χ1n) is 23.0. The molecule has 0 aliphatic carbocycles. The van der Waals surface area contributed by atoms with Crippen molar-refractivity contribution in [3.05, 3.63) is 0 Å². The largest absolute Gasteiger partial charge is 0.393 e. The average molecular weight is 764 g/mol. The second-order valence-corrected chi connectivity index (χ2v) is 17.8. The van der Waals surface area contributed by atoms with E-state index in [1.54, 1.807) is 0 Å². The SMILES string of the molecule is CCCCCCCCCC(Cl)C(CCCCCCCC)C(CC(C)O)OC(CC(C)O)C(CCCCCCCC)C(Cl)CCCCCCCCC. The van der Waals surface area contributed by atoms with Crippen molar-refractivity contribution in [3.8, 4) is 0 Å². The van der Waals surface area contributed by atoms with Crippen LogP contribution in [0.3, 0.4) is 0 Å². The van der Waals surface area contributed by atoms with Gasteiger partial charge in [0.2, 0.25) is 0 Å². The molecule has 8 unspecified atom stereocenters. The summed E-state index contributed by atoms with van der Waals surface area (Å²) in [5.74, 6) is 0.381. The summed E-state index contributed by atoms with van der Waals surface area (Å²) in [6.07, 6.45) is 37.2. The lowest BCUT2D eigenvalue weighted by atomic mass is 9.84. The Balaban J connectivity index is 6.02. The van der Waals surface area contributed by atoms with E-state index in [0.717, 1.165) is 51.4 Å². The molecule has 0 saturated carbocycles. The van der Waals surface area contributed by atoms with Gasteiger partial charge in [0, 0.05) is 22.6 Å². The number of rotatable bonds is 40. The third kappa shape index (κ3) is 30.4. The lowest BCUT2D eigenvalue weighted by Crippen LogP contribution is -2.42. The monoisotopic (exact) mass is 763 g/mol. The summed E-state index contributed by atoms with van der Waals surface area (Å²) in [6, 6.07) is 0. The zero-order valence-corrected chi connectivity index (χ0v) is 36.8. The van der Waals surface area contributed by atoms with Gasteiger partial charge in [-0.05, 0) is 52.4 Å². The van der Waals surface area contributed by atoms with Crippen molar-refractivity contribution < 1.29 is 14.9 Å². The van der Waals surface area contributed by atoms with Crippen LogP contribution in [0, 0.1) is 11.8 Å². The van der Waals surface area contributed by atoms with Crippen molar-refractivity contribution in [3.63, 3.8) is 0 Å². The third-order valence-electron chi connectivity index (χ3n) is 11.3. The number of aliphatic hydroxyl groups excluding tert-OH is 2. The van der Waals surface area contributed by atoms with Crippen LogP contribution in [0.15, 0.2) is 0 Å². The number of hydrogen-bond acceptors (Lipinski definition) is 3. The summed E-state index contributed by atoms with van der Waals surface area (Å²) < 4.78 is 7.28. The van der Waals surface area contributed by atoms with Gasteiger partial charge in [0.1, 0.15) is 0 Å². The first kappa shape index (κ1) is 51.5. The molecule has 0 amide bonds. The highest BCUT2D eigenvalue weighted by Gasteiger charge is 2.36. The second kappa shape index (κ2) is 37.4. The van der Waals surface area contributed by atoms with E-state index in [9.17, 15) is 10.2 Å². The summed E-state index contributed by atoms with van der Waals surface area (Å²) in [5.41, 5.74) is 0. The molecule has 51 heavy (non-hydrogen) atoms. The number of unbranched alkanes of at least 4 members (excludes halogenated alkanes) is 22. The topological polar surface area (TPSA) is 49.7 Å². The van der Waals surface area contributed by atoms with Crippen LogP contribution in [-0.4, -0.2) is 45.4 Å². The zero-order chi connectivity index (χ0) is 38.0. The van der Waals surface area contributed by atoms with Gasteiger partial charge < -0.3 is 14.9 Å². The number of ether oxygens (including phenoxy) is 1. The van der Waals surface area contributed by atoms with Crippen LogP contribution >= 0.6 is 23.2 Å². The minimum atomic E-state index is -0.465. The number of halogens is 2. The maximum absolute atomic E-state index is 10.8. The lowest BCUT2D eigenvalue weighted by Gasteiger charge is -2.39. The molecule has 0 aliphatic heterocycles. The van der Waals surface area contributed by atoms with E-state index in [2.05, 4.69) is 27.7 Å². The van der Waals surface area contributed by atoms with Crippen molar-refractivity contribution in [2.75, 3.05) is 0 Å². The summed E-state index contributed by atoms with van der Waals surface area (Å²) in [7, 11) is 0. The maximum Gasteiger partial charge on any atom is 0.0645 e. The van der Waals surface area contributed by atoms with Crippen LogP contribution in [-0.2, 0) is 4.74 Å². The molecule has 0 fully saturated rings. The summed E-state index contributed by atoms with van der Waals surface area (Å²) in [4.78, 5) is 0. The van der Waals surface area contributed by atoms with Crippen LogP contribution in [0.1, 0.15) is 247 Å². The van der Waals surface area contributed by atoms with Crippen LogP contribution < -0.4 is 0 Å². The highest BCUT2D eigenvalue weighted by Crippen LogP contribution is 2.36. The van der Waals surface area contributed by atoms with Gasteiger partial charge in [-0.25, -0.2) is 0 Å². The molecule has 0 aliphatic rings. The first-order valence-corrected chi connectivity index (χ1v) is 23.9. The Hall–Kier alpha value is 0.460. The third-order valence-corrected chi connectivity index (χ3v) is 12.4. The molecule has 8 atom stereocenters. The quantitative estimate of drug-likeness (QED) is 0.0483. The van der Waals surface area contributed by atoms with Gasteiger partial charge in [0.25, 0.3) is 0 Å². The summed E-state index contributed by atoms with van der Waals surface area (Å²) in [5, 5.41) is 21.8. The zero-order valence-electron chi connectivity index (χ0n) is 35.3. The Kier molecular flexibility index (Phi) is 37.7. The Morgan fingerprint density at radius 2 is 0.608 bits per heavy atom. The van der Waals surface area contributed by atoms with Crippen molar-refractivity contribution in [2.45, 2.75) is 282 Å². The van der Waals surface area contributed by atoms with Gasteiger partial charge in [-0.1, -0.05) is 195 Å². The molecule has 0 radical (unpaired) electrons. The van der Waals surface area contributed by atoms with Crippen molar-refractivity contribution in [2.24, 2.45) is 11.8 Å². The van der Waals surface area contributed by atoms with E-state index >= 15 is 0 Å². The highest BCUT2D eigenvalue weighted by molar-refractivity contribution is 6.21. The molecule has 3 nitrogen and oxygen atoms in total. The van der Waals surface area contributed by atoms with Crippen LogP contribution in [0.25, 0.3) is 0 Å². The van der Waals surface area contributed by atoms with E-state index in [1.807, 2.05) is 13.8 Å². The molecule has 0 aromatic heterocycles. The highest BCUT2D eigenvalue weighted by atomic mass is 35.5. The van der Waals surface area contributed by atoms with E-state index < -0.39 is 12.2 Å². The lowest BCUT2D eigenvalue weighted by molar-refractivity contribution is -0.102. The predicted molar refractivity (Wildman–Crippen MR) is 229 cm³/mol. The molecule has 0 heterocycles. The van der Waals surface area contributed by atoms with Gasteiger partial charge in [0.15, 0.2) is 0 Å².